The van der Waals surface area contributed by atoms with E-state index >= 15 is 0 Å². The molecule has 0 aromatic heterocycles. The number of anilines is 1. The predicted octanol–water partition coefficient (Wildman–Crippen LogP) is 3.90. The number of hydrogen-bond donors (Lipinski definition) is 2. The molecule has 0 unspecified atom stereocenters. The molecule has 0 saturated heterocycles. The molecule has 2 aromatic carbocycles. The minimum atomic E-state index is 0. The third-order valence-corrected chi connectivity index (χ3v) is 3.34. The predicted molar refractivity (Wildman–Crippen MR) is 108 cm³/mol. The summed E-state index contributed by atoms with van der Waals surface area (Å²) < 4.78 is 5.14. The van der Waals surface area contributed by atoms with E-state index in [9.17, 15) is 0 Å². The minimum Gasteiger partial charge on any atom is -0.497 e. The highest BCUT2D eigenvalue weighted by Gasteiger charge is 1.98. The third kappa shape index (κ3) is 6.48. The number of nitrogens with one attached hydrogen (secondary N) is 1. The molecule has 0 bridgehead atoms. The molecule has 23 heavy (non-hydrogen) atoms. The molecule has 5 heteroatoms. The Bertz CT molecular complexity index is 634. The number of halogens is 1. The van der Waals surface area contributed by atoms with E-state index in [0.29, 0.717) is 12.5 Å². The molecule has 2 rings (SSSR count). The number of aliphatic imine (C=N–C) groups is 1. The van der Waals surface area contributed by atoms with E-state index in [0.717, 1.165) is 17.9 Å². The Morgan fingerprint density at radius 1 is 1.09 bits per heavy atom. The van der Waals surface area contributed by atoms with Gasteiger partial charge in [0.15, 0.2) is 5.96 Å². The molecule has 124 valence electrons. The summed E-state index contributed by atoms with van der Waals surface area (Å²) in [4.78, 5) is 4.37. The highest BCUT2D eigenvalue weighted by molar-refractivity contribution is 14.0. The fraction of sp³-hybridized carbons (Fsp3) is 0.278. The van der Waals surface area contributed by atoms with Crippen molar-refractivity contribution in [2.24, 2.45) is 10.7 Å². The van der Waals surface area contributed by atoms with Crippen molar-refractivity contribution in [2.75, 3.05) is 19.0 Å². The van der Waals surface area contributed by atoms with E-state index in [1.54, 1.807) is 7.11 Å². The number of guanidine groups is 1. The van der Waals surface area contributed by atoms with Gasteiger partial charge in [0.05, 0.1) is 7.11 Å². The lowest BCUT2D eigenvalue weighted by Gasteiger charge is -2.08. The molecule has 4 nitrogen and oxygen atoms in total. The van der Waals surface area contributed by atoms with E-state index in [-0.39, 0.29) is 24.0 Å². The van der Waals surface area contributed by atoms with Crippen molar-refractivity contribution in [3.8, 4) is 5.75 Å². The number of methoxy groups -OCH3 is 1. The standard InChI is InChI=1S/C18H23N3O.HI/c1-13-10-14(2)12-16(11-13)21-18(19)20-9-8-15-4-6-17(22-3)7-5-15;/h4-7,10-12H,8-9H2,1-3H3,(H3,19,20,21);1H. The fourth-order valence-electron chi connectivity index (χ4n) is 2.33. The molecular weight excluding hydrogens is 401 g/mol. The molecule has 0 atom stereocenters. The van der Waals surface area contributed by atoms with Gasteiger partial charge in [-0.3, -0.25) is 4.99 Å². The van der Waals surface area contributed by atoms with Crippen molar-refractivity contribution in [2.45, 2.75) is 20.3 Å². The molecule has 0 saturated carbocycles. The molecule has 0 aliphatic carbocycles. The van der Waals surface area contributed by atoms with Crippen LogP contribution in [-0.4, -0.2) is 19.6 Å². The van der Waals surface area contributed by atoms with Crippen LogP contribution in [0.5, 0.6) is 5.75 Å². The van der Waals surface area contributed by atoms with Crippen LogP contribution in [0.1, 0.15) is 16.7 Å². The van der Waals surface area contributed by atoms with E-state index in [2.05, 4.69) is 42.4 Å². The van der Waals surface area contributed by atoms with Crippen molar-refractivity contribution < 1.29 is 4.74 Å². The van der Waals surface area contributed by atoms with Gasteiger partial charge in [0, 0.05) is 12.2 Å². The Morgan fingerprint density at radius 3 is 2.26 bits per heavy atom. The van der Waals surface area contributed by atoms with Crippen LogP contribution in [-0.2, 0) is 6.42 Å². The summed E-state index contributed by atoms with van der Waals surface area (Å²) in [7, 11) is 1.67. The average molecular weight is 425 g/mol. The monoisotopic (exact) mass is 425 g/mol. The zero-order valence-electron chi connectivity index (χ0n) is 13.8. The first kappa shape index (κ1) is 19.3. The first-order valence-electron chi connectivity index (χ1n) is 7.35. The number of rotatable bonds is 5. The fourth-order valence-corrected chi connectivity index (χ4v) is 2.33. The number of aryl methyl sites for hydroxylation is 2. The Hall–Kier alpha value is -1.76. The summed E-state index contributed by atoms with van der Waals surface area (Å²) in [5, 5.41) is 3.14. The molecule has 0 amide bonds. The zero-order valence-corrected chi connectivity index (χ0v) is 16.1. The number of benzene rings is 2. The van der Waals surface area contributed by atoms with Gasteiger partial charge in [-0.2, -0.15) is 0 Å². The molecule has 2 aromatic rings. The van der Waals surface area contributed by atoms with Gasteiger partial charge in [0.1, 0.15) is 5.75 Å². The summed E-state index contributed by atoms with van der Waals surface area (Å²) in [5.41, 5.74) is 10.5. The zero-order chi connectivity index (χ0) is 15.9. The second-order valence-electron chi connectivity index (χ2n) is 5.37. The van der Waals surface area contributed by atoms with Gasteiger partial charge in [-0.15, -0.1) is 24.0 Å². The Kier molecular flexibility index (Phi) is 7.88. The van der Waals surface area contributed by atoms with Gasteiger partial charge < -0.3 is 15.8 Å². The molecule has 0 radical (unpaired) electrons. The largest absolute Gasteiger partial charge is 0.497 e. The van der Waals surface area contributed by atoms with Crippen molar-refractivity contribution in [1.82, 2.24) is 0 Å². The van der Waals surface area contributed by atoms with Crippen molar-refractivity contribution in [1.29, 1.82) is 0 Å². The SMILES string of the molecule is COc1ccc(CCN=C(N)Nc2cc(C)cc(C)c2)cc1.I. The van der Waals surface area contributed by atoms with Crippen molar-refractivity contribution >= 4 is 35.6 Å². The van der Waals surface area contributed by atoms with Crippen LogP contribution < -0.4 is 15.8 Å². The number of nitrogens with zero attached hydrogens (tertiary/aromatic N) is 1. The highest BCUT2D eigenvalue weighted by atomic mass is 127. The van der Waals surface area contributed by atoms with Gasteiger partial charge in [-0.1, -0.05) is 18.2 Å². The average Bonchev–Trinajstić information content (AvgIpc) is 2.47. The van der Waals surface area contributed by atoms with Crippen molar-refractivity contribution in [3.63, 3.8) is 0 Å². The Morgan fingerprint density at radius 2 is 1.70 bits per heavy atom. The first-order valence-corrected chi connectivity index (χ1v) is 7.35. The normalized spacial score (nSPS) is 10.8. The quantitative estimate of drug-likeness (QED) is 0.434. The highest BCUT2D eigenvalue weighted by Crippen LogP contribution is 2.14. The third-order valence-electron chi connectivity index (χ3n) is 3.34. The molecule has 3 N–H and O–H groups in total. The van der Waals surface area contributed by atoms with Gasteiger partial charge >= 0.3 is 0 Å². The maximum atomic E-state index is 5.93. The van der Waals surface area contributed by atoms with Crippen LogP contribution in [0.15, 0.2) is 47.5 Å². The molecule has 0 aliphatic heterocycles. The van der Waals surface area contributed by atoms with Crippen LogP contribution >= 0.6 is 24.0 Å². The van der Waals surface area contributed by atoms with E-state index in [1.807, 2.05) is 24.3 Å². The lowest BCUT2D eigenvalue weighted by molar-refractivity contribution is 0.414. The second-order valence-corrected chi connectivity index (χ2v) is 5.37. The molecule has 0 spiro atoms. The summed E-state index contributed by atoms with van der Waals surface area (Å²) in [6.45, 7) is 4.78. The van der Waals surface area contributed by atoms with Crippen LogP contribution in [0.3, 0.4) is 0 Å². The maximum absolute atomic E-state index is 5.93. The van der Waals surface area contributed by atoms with Gasteiger partial charge in [0.2, 0.25) is 0 Å². The van der Waals surface area contributed by atoms with Gasteiger partial charge in [-0.05, 0) is 61.2 Å². The van der Waals surface area contributed by atoms with E-state index in [1.165, 1.54) is 16.7 Å². The van der Waals surface area contributed by atoms with Crippen LogP contribution in [0.2, 0.25) is 0 Å². The molecule has 0 fully saturated rings. The summed E-state index contributed by atoms with van der Waals surface area (Å²) in [6, 6.07) is 14.2. The van der Waals surface area contributed by atoms with Crippen molar-refractivity contribution in [3.05, 3.63) is 59.2 Å². The topological polar surface area (TPSA) is 59.6 Å². The summed E-state index contributed by atoms with van der Waals surface area (Å²) >= 11 is 0. The first-order chi connectivity index (χ1) is 10.6. The minimum absolute atomic E-state index is 0. The van der Waals surface area contributed by atoms with Gasteiger partial charge in [-0.25, -0.2) is 0 Å². The Balaban J connectivity index is 0.00000264. The Labute approximate surface area is 155 Å². The maximum Gasteiger partial charge on any atom is 0.193 e. The lowest BCUT2D eigenvalue weighted by Crippen LogP contribution is -2.23. The number of ether oxygens (including phenoxy) is 1. The summed E-state index contributed by atoms with van der Waals surface area (Å²) in [6.07, 6.45) is 0.846. The number of nitrogens with two attached hydrogens (primary N) is 1. The summed E-state index contributed by atoms with van der Waals surface area (Å²) in [5.74, 6) is 1.31. The molecule has 0 heterocycles. The second kappa shape index (κ2) is 9.39. The van der Waals surface area contributed by atoms with Gasteiger partial charge in [0.25, 0.3) is 0 Å². The van der Waals surface area contributed by atoms with E-state index < -0.39 is 0 Å². The van der Waals surface area contributed by atoms with Crippen LogP contribution in [0.25, 0.3) is 0 Å². The smallest absolute Gasteiger partial charge is 0.193 e. The lowest BCUT2D eigenvalue weighted by atomic mass is 10.1. The molecular formula is C18H24IN3O. The number of hydrogen-bond acceptors (Lipinski definition) is 2. The van der Waals surface area contributed by atoms with Crippen LogP contribution in [0, 0.1) is 13.8 Å². The molecule has 0 aliphatic rings. The van der Waals surface area contributed by atoms with Crippen LogP contribution in [0.4, 0.5) is 5.69 Å². The van der Waals surface area contributed by atoms with E-state index in [4.69, 9.17) is 10.5 Å².